The molecule has 2 rings (SSSR count). The fourth-order valence-corrected chi connectivity index (χ4v) is 2.79. The van der Waals surface area contributed by atoms with E-state index in [2.05, 4.69) is 27.3 Å². The average molecular weight is 322 g/mol. The van der Waals surface area contributed by atoms with Crippen LogP contribution < -0.4 is 11.1 Å². The maximum Gasteiger partial charge on any atom is 0.229 e. The molecule has 100 valence electrons. The molecule has 0 heterocycles. The first-order chi connectivity index (χ1) is 9.11. The van der Waals surface area contributed by atoms with E-state index in [0.717, 1.165) is 30.2 Å². The molecule has 0 aromatic heterocycles. The van der Waals surface area contributed by atoms with Gasteiger partial charge in [-0.15, -0.1) is 0 Å². The lowest BCUT2D eigenvalue weighted by Gasteiger charge is -2.27. The second kappa shape index (κ2) is 6.18. The predicted octanol–water partition coefficient (Wildman–Crippen LogP) is 2.78. The smallest absolute Gasteiger partial charge is 0.229 e. The van der Waals surface area contributed by atoms with Crippen molar-refractivity contribution in [3.05, 3.63) is 28.2 Å². The van der Waals surface area contributed by atoms with Gasteiger partial charge in [0, 0.05) is 10.5 Å². The molecule has 0 spiro atoms. The number of amides is 1. The molecule has 5 heteroatoms. The number of nitrogens with one attached hydrogen (secondary N) is 1. The first-order valence-corrected chi connectivity index (χ1v) is 7.17. The van der Waals surface area contributed by atoms with E-state index in [-0.39, 0.29) is 17.9 Å². The number of hydrogen-bond acceptors (Lipinski definition) is 3. The Kier molecular flexibility index (Phi) is 4.56. The van der Waals surface area contributed by atoms with Crippen LogP contribution in [0.25, 0.3) is 0 Å². The van der Waals surface area contributed by atoms with Crippen molar-refractivity contribution in [1.29, 1.82) is 5.26 Å². The summed E-state index contributed by atoms with van der Waals surface area (Å²) < 4.78 is 0.816. The molecule has 0 aliphatic heterocycles. The van der Waals surface area contributed by atoms with Gasteiger partial charge in [-0.25, -0.2) is 0 Å². The number of nitrogens with zero attached hydrogens (tertiary/aromatic N) is 1. The first-order valence-electron chi connectivity index (χ1n) is 6.38. The van der Waals surface area contributed by atoms with Crippen LogP contribution in [0, 0.1) is 17.2 Å². The molecule has 19 heavy (non-hydrogen) atoms. The molecule has 2 atom stereocenters. The molecule has 1 fully saturated rings. The lowest BCUT2D eigenvalue weighted by atomic mass is 9.84. The van der Waals surface area contributed by atoms with Gasteiger partial charge < -0.3 is 11.1 Å². The van der Waals surface area contributed by atoms with E-state index < -0.39 is 0 Å². The summed E-state index contributed by atoms with van der Waals surface area (Å²) in [5, 5.41) is 11.9. The highest BCUT2D eigenvalue weighted by molar-refractivity contribution is 9.10. The van der Waals surface area contributed by atoms with Crippen molar-refractivity contribution < 1.29 is 4.79 Å². The van der Waals surface area contributed by atoms with E-state index in [1.807, 2.05) is 0 Å². The zero-order valence-electron chi connectivity index (χ0n) is 10.5. The van der Waals surface area contributed by atoms with E-state index in [0.29, 0.717) is 11.3 Å². The minimum atomic E-state index is -0.149. The Balaban J connectivity index is 2.12. The third-order valence-electron chi connectivity index (χ3n) is 3.52. The molecule has 1 saturated carbocycles. The van der Waals surface area contributed by atoms with Gasteiger partial charge in [-0.3, -0.25) is 4.79 Å². The summed E-state index contributed by atoms with van der Waals surface area (Å²) in [4.78, 5) is 12.2. The van der Waals surface area contributed by atoms with E-state index in [4.69, 9.17) is 11.0 Å². The number of carbonyl (C=O) groups excluding carboxylic acids is 1. The lowest BCUT2D eigenvalue weighted by molar-refractivity contribution is -0.121. The minimum Gasteiger partial charge on any atom is -0.327 e. The van der Waals surface area contributed by atoms with Gasteiger partial charge in [0.25, 0.3) is 0 Å². The van der Waals surface area contributed by atoms with Crippen LogP contribution in [0.15, 0.2) is 22.7 Å². The summed E-state index contributed by atoms with van der Waals surface area (Å²) in [6, 6.07) is 7.23. The minimum absolute atomic E-state index is 0.0743. The maximum absolute atomic E-state index is 12.2. The van der Waals surface area contributed by atoms with Gasteiger partial charge in [-0.2, -0.15) is 5.26 Å². The molecule has 0 radical (unpaired) electrons. The highest BCUT2D eigenvalue weighted by atomic mass is 79.9. The summed E-state index contributed by atoms with van der Waals surface area (Å²) >= 11 is 3.31. The molecule has 3 N–H and O–H groups in total. The molecule has 1 aromatic rings. The van der Waals surface area contributed by atoms with Crippen molar-refractivity contribution in [3.8, 4) is 6.07 Å². The number of nitrogens with two attached hydrogens (primary N) is 1. The number of rotatable bonds is 2. The highest BCUT2D eigenvalue weighted by Crippen LogP contribution is 2.26. The first kappa shape index (κ1) is 14.0. The summed E-state index contributed by atoms with van der Waals surface area (Å²) in [6.07, 6.45) is 3.85. The van der Waals surface area contributed by atoms with Crippen molar-refractivity contribution in [2.24, 2.45) is 11.7 Å². The Morgan fingerprint density at radius 3 is 2.84 bits per heavy atom. The topological polar surface area (TPSA) is 78.9 Å². The summed E-state index contributed by atoms with van der Waals surface area (Å²) in [5.41, 5.74) is 7.00. The molecule has 4 nitrogen and oxygen atoms in total. The third kappa shape index (κ3) is 3.34. The van der Waals surface area contributed by atoms with Gasteiger partial charge in [0.15, 0.2) is 0 Å². The van der Waals surface area contributed by atoms with Gasteiger partial charge in [-0.05, 0) is 31.0 Å². The summed E-state index contributed by atoms with van der Waals surface area (Å²) in [6.45, 7) is 0. The normalized spacial score (nSPS) is 22.6. The van der Waals surface area contributed by atoms with Crippen LogP contribution in [0.3, 0.4) is 0 Å². The maximum atomic E-state index is 12.2. The third-order valence-corrected chi connectivity index (χ3v) is 4.01. The van der Waals surface area contributed by atoms with Gasteiger partial charge in [0.05, 0.1) is 17.2 Å². The number of nitriles is 1. The molecule has 1 aliphatic rings. The Hall–Kier alpha value is -1.38. The van der Waals surface area contributed by atoms with Crippen LogP contribution >= 0.6 is 15.9 Å². The molecule has 0 bridgehead atoms. The van der Waals surface area contributed by atoms with Crippen LogP contribution in [0.4, 0.5) is 5.69 Å². The monoisotopic (exact) mass is 321 g/mol. The molecule has 2 unspecified atom stereocenters. The molecule has 1 amide bonds. The van der Waals surface area contributed by atoms with Gasteiger partial charge in [-0.1, -0.05) is 28.8 Å². The van der Waals surface area contributed by atoms with Crippen molar-refractivity contribution >= 4 is 27.5 Å². The lowest BCUT2D eigenvalue weighted by Crippen LogP contribution is -2.40. The Morgan fingerprint density at radius 2 is 2.16 bits per heavy atom. The zero-order chi connectivity index (χ0) is 13.8. The van der Waals surface area contributed by atoms with Crippen molar-refractivity contribution in [3.63, 3.8) is 0 Å². The predicted molar refractivity (Wildman–Crippen MR) is 77.4 cm³/mol. The Labute approximate surface area is 121 Å². The molecule has 0 saturated heterocycles. The second-order valence-electron chi connectivity index (χ2n) is 4.85. The largest absolute Gasteiger partial charge is 0.327 e. The molecular formula is C14H16BrN3O. The quantitative estimate of drug-likeness (QED) is 0.879. The fraction of sp³-hybridized carbons (Fsp3) is 0.429. The SMILES string of the molecule is N#Cc1cc(Br)ccc1NC(=O)C1CCCCC1N. The Bertz CT molecular complexity index is 524. The van der Waals surface area contributed by atoms with E-state index >= 15 is 0 Å². The number of benzene rings is 1. The van der Waals surface area contributed by atoms with Gasteiger partial charge in [0.2, 0.25) is 5.91 Å². The van der Waals surface area contributed by atoms with Crippen LogP contribution in [-0.2, 0) is 4.79 Å². The van der Waals surface area contributed by atoms with Crippen molar-refractivity contribution in [2.75, 3.05) is 5.32 Å². The van der Waals surface area contributed by atoms with Gasteiger partial charge >= 0.3 is 0 Å². The van der Waals surface area contributed by atoms with Crippen molar-refractivity contribution in [1.82, 2.24) is 0 Å². The van der Waals surface area contributed by atoms with E-state index in [1.165, 1.54) is 0 Å². The zero-order valence-corrected chi connectivity index (χ0v) is 12.1. The van der Waals surface area contributed by atoms with E-state index in [1.54, 1.807) is 18.2 Å². The summed E-state index contributed by atoms with van der Waals surface area (Å²) in [7, 11) is 0. The standard InChI is InChI=1S/C14H16BrN3O/c15-10-5-6-13(9(7-10)8-16)18-14(19)11-3-1-2-4-12(11)17/h5-7,11-12H,1-4,17H2,(H,18,19). The Morgan fingerprint density at radius 1 is 1.42 bits per heavy atom. The van der Waals surface area contributed by atoms with E-state index in [9.17, 15) is 4.79 Å². The van der Waals surface area contributed by atoms with Crippen LogP contribution in [0.1, 0.15) is 31.2 Å². The fourth-order valence-electron chi connectivity index (χ4n) is 2.43. The molecular weight excluding hydrogens is 306 g/mol. The average Bonchev–Trinajstić information content (AvgIpc) is 2.41. The molecule has 1 aliphatic carbocycles. The number of anilines is 1. The number of halogens is 1. The number of carbonyl (C=O) groups is 1. The van der Waals surface area contributed by atoms with Crippen molar-refractivity contribution in [2.45, 2.75) is 31.7 Å². The van der Waals surface area contributed by atoms with Gasteiger partial charge in [0.1, 0.15) is 6.07 Å². The van der Waals surface area contributed by atoms with Crippen LogP contribution in [-0.4, -0.2) is 11.9 Å². The number of hydrogen-bond donors (Lipinski definition) is 2. The van der Waals surface area contributed by atoms with Crippen LogP contribution in [0.2, 0.25) is 0 Å². The molecule has 1 aromatic carbocycles. The summed E-state index contributed by atoms with van der Waals surface area (Å²) in [5.74, 6) is -0.227. The highest BCUT2D eigenvalue weighted by Gasteiger charge is 2.28. The van der Waals surface area contributed by atoms with Crippen LogP contribution in [0.5, 0.6) is 0 Å². The second-order valence-corrected chi connectivity index (χ2v) is 5.76.